The third-order valence-electron chi connectivity index (χ3n) is 2.69. The quantitative estimate of drug-likeness (QED) is 0.868. The number of carboxylic acids is 1. The number of carbonyl (C=O) groups excluding carboxylic acids is 1. The van der Waals surface area contributed by atoms with Crippen LogP contribution in [0, 0.1) is 0 Å². The molecule has 0 aliphatic heterocycles. The molecular formula is C13H16ClNO5. The summed E-state index contributed by atoms with van der Waals surface area (Å²) in [6, 6.07) is 2.97. The summed E-state index contributed by atoms with van der Waals surface area (Å²) in [5.41, 5.74) is 0.306. The van der Waals surface area contributed by atoms with Crippen molar-refractivity contribution < 1.29 is 24.2 Å². The van der Waals surface area contributed by atoms with Crippen LogP contribution in [0.2, 0.25) is 5.02 Å². The smallest absolute Gasteiger partial charge is 0.305 e. The van der Waals surface area contributed by atoms with E-state index in [0.29, 0.717) is 17.1 Å². The number of methoxy groups -OCH3 is 2. The lowest BCUT2D eigenvalue weighted by Gasteiger charge is -2.17. The Morgan fingerprint density at radius 3 is 2.45 bits per heavy atom. The van der Waals surface area contributed by atoms with Gasteiger partial charge in [-0.1, -0.05) is 11.6 Å². The lowest BCUT2D eigenvalue weighted by molar-refractivity contribution is -0.137. The Morgan fingerprint density at radius 2 is 1.95 bits per heavy atom. The molecule has 6 nitrogen and oxygen atoms in total. The zero-order chi connectivity index (χ0) is 15.3. The highest BCUT2D eigenvalue weighted by molar-refractivity contribution is 6.32. The van der Waals surface area contributed by atoms with Crippen LogP contribution in [0.3, 0.4) is 0 Å². The van der Waals surface area contributed by atoms with Crippen molar-refractivity contribution in [1.82, 2.24) is 4.90 Å². The van der Waals surface area contributed by atoms with Crippen molar-refractivity contribution >= 4 is 23.5 Å². The van der Waals surface area contributed by atoms with Crippen molar-refractivity contribution in [2.75, 3.05) is 27.8 Å². The topological polar surface area (TPSA) is 76.1 Å². The average molecular weight is 302 g/mol. The molecule has 0 aliphatic rings. The normalized spacial score (nSPS) is 10.0. The lowest BCUT2D eigenvalue weighted by Crippen LogP contribution is -2.29. The molecule has 7 heteroatoms. The van der Waals surface area contributed by atoms with Gasteiger partial charge >= 0.3 is 5.97 Å². The lowest BCUT2D eigenvalue weighted by atomic mass is 10.1. The van der Waals surface area contributed by atoms with Gasteiger partial charge in [0.25, 0.3) is 5.91 Å². The van der Waals surface area contributed by atoms with Crippen LogP contribution < -0.4 is 9.47 Å². The number of amides is 1. The maximum atomic E-state index is 12.2. The van der Waals surface area contributed by atoms with Crippen LogP contribution in [0.5, 0.6) is 11.5 Å². The summed E-state index contributed by atoms with van der Waals surface area (Å²) in [6.07, 6.45) is -0.122. The fourth-order valence-electron chi connectivity index (χ4n) is 1.63. The van der Waals surface area contributed by atoms with Crippen LogP contribution in [0.15, 0.2) is 12.1 Å². The number of aliphatic carboxylic acids is 1. The van der Waals surface area contributed by atoms with Crippen LogP contribution in [0.4, 0.5) is 0 Å². The summed E-state index contributed by atoms with van der Waals surface area (Å²) in [7, 11) is 4.41. The zero-order valence-corrected chi connectivity index (χ0v) is 12.2. The van der Waals surface area contributed by atoms with Crippen LogP contribution in [0.25, 0.3) is 0 Å². The zero-order valence-electron chi connectivity index (χ0n) is 11.5. The number of rotatable bonds is 6. The van der Waals surface area contributed by atoms with Gasteiger partial charge in [-0.15, -0.1) is 0 Å². The van der Waals surface area contributed by atoms with Crippen LogP contribution >= 0.6 is 11.6 Å². The molecule has 0 bridgehead atoms. The molecule has 1 N–H and O–H groups in total. The highest BCUT2D eigenvalue weighted by atomic mass is 35.5. The first-order chi connectivity index (χ1) is 9.40. The molecule has 0 radical (unpaired) electrons. The molecule has 1 aromatic rings. The Kier molecular flexibility index (Phi) is 5.64. The minimum atomic E-state index is -0.963. The average Bonchev–Trinajstić information content (AvgIpc) is 2.42. The van der Waals surface area contributed by atoms with E-state index in [1.54, 1.807) is 0 Å². The molecule has 0 heterocycles. The fourth-order valence-corrected chi connectivity index (χ4v) is 1.91. The number of carbonyl (C=O) groups is 2. The molecule has 1 aromatic carbocycles. The molecule has 0 saturated carbocycles. The minimum absolute atomic E-state index is 0.111. The first kappa shape index (κ1) is 16.1. The Balaban J connectivity index is 2.98. The monoisotopic (exact) mass is 301 g/mol. The molecule has 0 saturated heterocycles. The molecular weight excluding hydrogens is 286 g/mol. The van der Waals surface area contributed by atoms with Gasteiger partial charge < -0.3 is 19.5 Å². The molecule has 0 atom stereocenters. The molecule has 110 valence electrons. The Morgan fingerprint density at radius 1 is 1.30 bits per heavy atom. The summed E-state index contributed by atoms with van der Waals surface area (Å²) >= 11 is 6.02. The van der Waals surface area contributed by atoms with Gasteiger partial charge in [-0.25, -0.2) is 0 Å². The van der Waals surface area contributed by atoms with Crippen LogP contribution in [0.1, 0.15) is 16.8 Å². The Bertz CT molecular complexity index is 518. The fraction of sp³-hybridized carbons (Fsp3) is 0.385. The first-order valence-corrected chi connectivity index (χ1v) is 6.17. The van der Waals surface area contributed by atoms with Crippen molar-refractivity contribution in [2.24, 2.45) is 0 Å². The molecule has 0 fully saturated rings. The number of halogens is 1. The predicted molar refractivity (Wildman–Crippen MR) is 73.8 cm³/mol. The molecule has 0 aliphatic carbocycles. The third kappa shape index (κ3) is 3.77. The van der Waals surface area contributed by atoms with E-state index in [9.17, 15) is 9.59 Å². The van der Waals surface area contributed by atoms with E-state index in [2.05, 4.69) is 0 Å². The van der Waals surface area contributed by atoms with Gasteiger partial charge in [-0.3, -0.25) is 9.59 Å². The molecule has 20 heavy (non-hydrogen) atoms. The van der Waals surface area contributed by atoms with Gasteiger partial charge in [0.1, 0.15) is 0 Å². The molecule has 1 rings (SSSR count). The van der Waals surface area contributed by atoms with E-state index in [1.165, 1.54) is 38.3 Å². The summed E-state index contributed by atoms with van der Waals surface area (Å²) in [5, 5.41) is 8.87. The highest BCUT2D eigenvalue weighted by Gasteiger charge is 2.18. The van der Waals surface area contributed by atoms with Gasteiger partial charge in [0.15, 0.2) is 11.5 Å². The Hall–Kier alpha value is -1.95. The standard InChI is InChI=1S/C13H16ClNO5/c1-15(5-4-11(16)17)13(18)8-6-9(14)12(20-3)10(7-8)19-2/h6-7H,4-5H2,1-3H3,(H,16,17). The predicted octanol–water partition coefficient (Wildman–Crippen LogP) is 1.90. The maximum Gasteiger partial charge on any atom is 0.305 e. The summed E-state index contributed by atoms with van der Waals surface area (Å²) in [4.78, 5) is 24.0. The van der Waals surface area contributed by atoms with E-state index in [1.807, 2.05) is 0 Å². The van der Waals surface area contributed by atoms with Crippen molar-refractivity contribution in [3.63, 3.8) is 0 Å². The molecule has 0 unspecified atom stereocenters. The Labute approximate surface area is 121 Å². The number of ether oxygens (including phenoxy) is 2. The maximum absolute atomic E-state index is 12.2. The van der Waals surface area contributed by atoms with Crippen LogP contribution in [-0.2, 0) is 4.79 Å². The van der Waals surface area contributed by atoms with E-state index in [4.69, 9.17) is 26.2 Å². The van der Waals surface area contributed by atoms with E-state index >= 15 is 0 Å². The van der Waals surface area contributed by atoms with Crippen LogP contribution in [-0.4, -0.2) is 49.7 Å². The second kappa shape index (κ2) is 7.00. The molecule has 1 amide bonds. The van der Waals surface area contributed by atoms with Crippen molar-refractivity contribution in [1.29, 1.82) is 0 Å². The van der Waals surface area contributed by atoms with Gasteiger partial charge in [-0.05, 0) is 12.1 Å². The summed E-state index contributed by atoms with van der Waals surface area (Å²) in [6.45, 7) is 0.111. The van der Waals surface area contributed by atoms with E-state index in [0.717, 1.165) is 0 Å². The number of hydrogen-bond donors (Lipinski definition) is 1. The second-order valence-corrected chi connectivity index (χ2v) is 4.47. The first-order valence-electron chi connectivity index (χ1n) is 5.79. The van der Waals surface area contributed by atoms with Gasteiger partial charge in [-0.2, -0.15) is 0 Å². The number of benzene rings is 1. The van der Waals surface area contributed by atoms with Gasteiger partial charge in [0.05, 0.1) is 25.7 Å². The third-order valence-corrected chi connectivity index (χ3v) is 2.97. The van der Waals surface area contributed by atoms with Gasteiger partial charge in [0, 0.05) is 19.2 Å². The van der Waals surface area contributed by atoms with Crippen molar-refractivity contribution in [2.45, 2.75) is 6.42 Å². The van der Waals surface area contributed by atoms with Gasteiger partial charge in [0.2, 0.25) is 0 Å². The van der Waals surface area contributed by atoms with Crippen molar-refractivity contribution in [3.8, 4) is 11.5 Å². The summed E-state index contributed by atoms with van der Waals surface area (Å²) in [5.74, 6) is -0.613. The number of hydrogen-bond acceptors (Lipinski definition) is 4. The van der Waals surface area contributed by atoms with Crippen molar-refractivity contribution in [3.05, 3.63) is 22.7 Å². The van der Waals surface area contributed by atoms with E-state index < -0.39 is 5.97 Å². The number of nitrogens with zero attached hydrogens (tertiary/aromatic N) is 1. The largest absolute Gasteiger partial charge is 0.493 e. The minimum Gasteiger partial charge on any atom is -0.493 e. The second-order valence-electron chi connectivity index (χ2n) is 4.06. The molecule has 0 spiro atoms. The molecule has 0 aromatic heterocycles. The highest BCUT2D eigenvalue weighted by Crippen LogP contribution is 2.36. The number of carboxylic acid groups (broad SMARTS) is 1. The van der Waals surface area contributed by atoms with E-state index in [-0.39, 0.29) is 23.9 Å². The SMILES string of the molecule is COc1cc(C(=O)N(C)CCC(=O)O)cc(Cl)c1OC. The summed E-state index contributed by atoms with van der Waals surface area (Å²) < 4.78 is 10.2.